The van der Waals surface area contributed by atoms with Crippen LogP contribution in [0.25, 0.3) is 10.9 Å². The van der Waals surface area contributed by atoms with Gasteiger partial charge in [0.25, 0.3) is 0 Å². The van der Waals surface area contributed by atoms with Gasteiger partial charge < -0.3 is 19.9 Å². The Morgan fingerprint density at radius 1 is 1.18 bits per heavy atom. The quantitative estimate of drug-likeness (QED) is 0.762. The highest BCUT2D eigenvalue weighted by molar-refractivity contribution is 5.94. The fourth-order valence-electron chi connectivity index (χ4n) is 4.14. The number of hydrogen-bond acceptors (Lipinski definition) is 4. The maximum Gasteiger partial charge on any atom is 0.341 e. The number of aromatic nitrogens is 1. The van der Waals surface area contributed by atoms with Crippen molar-refractivity contribution < 1.29 is 18.7 Å². The highest BCUT2D eigenvalue weighted by Gasteiger charge is 2.33. The molecule has 1 saturated carbocycles. The number of benzene rings is 1. The van der Waals surface area contributed by atoms with Crippen molar-refractivity contribution in [3.63, 3.8) is 0 Å². The first-order valence-electron chi connectivity index (χ1n) is 8.91. The third kappa shape index (κ3) is 2.70. The normalized spacial score (nSPS) is 18.6. The number of halogens is 3. The van der Waals surface area contributed by atoms with Gasteiger partial charge in [-0.1, -0.05) is 0 Å². The van der Waals surface area contributed by atoms with E-state index in [0.29, 0.717) is 13.1 Å². The summed E-state index contributed by atoms with van der Waals surface area (Å²) in [4.78, 5) is 25.6. The van der Waals surface area contributed by atoms with E-state index in [1.54, 1.807) is 4.90 Å². The molecule has 0 amide bonds. The number of anilines is 1. The van der Waals surface area contributed by atoms with Crippen LogP contribution >= 0.6 is 12.4 Å². The van der Waals surface area contributed by atoms with Crippen molar-refractivity contribution in [1.82, 2.24) is 9.88 Å². The minimum absolute atomic E-state index is 0. The summed E-state index contributed by atoms with van der Waals surface area (Å²) in [6.07, 6.45) is 2.74. The second-order valence-corrected chi connectivity index (χ2v) is 7.40. The number of carboxylic acid groups (broad SMARTS) is 1. The molecule has 1 aromatic carbocycles. The molecule has 1 fully saturated rings. The summed E-state index contributed by atoms with van der Waals surface area (Å²) in [5, 5.41) is 12.3. The molecule has 1 aliphatic carbocycles. The van der Waals surface area contributed by atoms with Gasteiger partial charge in [0.05, 0.1) is 10.9 Å². The van der Waals surface area contributed by atoms with Crippen LogP contribution < -0.4 is 15.6 Å². The molecule has 28 heavy (non-hydrogen) atoms. The molecule has 0 atom stereocenters. The molecular formula is C19H18ClF2N3O3. The van der Waals surface area contributed by atoms with Crippen molar-refractivity contribution in [1.29, 1.82) is 0 Å². The van der Waals surface area contributed by atoms with Crippen LogP contribution in [-0.2, 0) is 0 Å². The van der Waals surface area contributed by atoms with Crippen LogP contribution in [-0.4, -0.2) is 41.8 Å². The van der Waals surface area contributed by atoms with Crippen molar-refractivity contribution in [3.8, 4) is 0 Å². The fraction of sp³-hybridized carbons (Fsp3) is 0.368. The van der Waals surface area contributed by atoms with Crippen LogP contribution in [0.2, 0.25) is 0 Å². The summed E-state index contributed by atoms with van der Waals surface area (Å²) in [6, 6.07) is 0.924. The molecule has 5 rings (SSSR count). The number of pyridine rings is 1. The van der Waals surface area contributed by atoms with Crippen molar-refractivity contribution in [3.05, 3.63) is 50.8 Å². The average molecular weight is 410 g/mol. The number of nitrogens with one attached hydrogen (secondary N) is 1. The molecule has 148 valence electrons. The molecule has 0 bridgehead atoms. The Balaban J connectivity index is 0.00000192. The molecule has 0 spiro atoms. The lowest BCUT2D eigenvalue weighted by atomic mass is 10.1. The van der Waals surface area contributed by atoms with E-state index in [0.717, 1.165) is 43.1 Å². The second kappa shape index (κ2) is 6.56. The number of hydrogen-bond donors (Lipinski definition) is 2. The van der Waals surface area contributed by atoms with Gasteiger partial charge in [-0.2, -0.15) is 0 Å². The maximum atomic E-state index is 15.5. The lowest BCUT2D eigenvalue weighted by Gasteiger charge is -2.23. The zero-order chi connectivity index (χ0) is 18.9. The number of fused-ring (bicyclic) bond motifs is 1. The van der Waals surface area contributed by atoms with E-state index >= 15 is 4.39 Å². The highest BCUT2D eigenvalue weighted by atomic mass is 35.5. The predicted molar refractivity (Wildman–Crippen MR) is 103 cm³/mol. The Bertz CT molecular complexity index is 1090. The Kier molecular flexibility index (Phi) is 4.43. The van der Waals surface area contributed by atoms with Gasteiger partial charge in [0.1, 0.15) is 17.1 Å². The van der Waals surface area contributed by atoms with Crippen LogP contribution in [0.1, 0.15) is 29.2 Å². The van der Waals surface area contributed by atoms with Crippen molar-refractivity contribution in [2.24, 2.45) is 0 Å². The summed E-state index contributed by atoms with van der Waals surface area (Å²) in [7, 11) is 0. The minimum Gasteiger partial charge on any atom is -0.477 e. The number of aromatic carboxylic acids is 1. The maximum absolute atomic E-state index is 15.5. The molecule has 1 aromatic heterocycles. The van der Waals surface area contributed by atoms with E-state index < -0.39 is 28.6 Å². The summed E-state index contributed by atoms with van der Waals surface area (Å²) in [5.74, 6) is -3.02. The Morgan fingerprint density at radius 2 is 1.82 bits per heavy atom. The molecule has 3 aliphatic rings. The van der Waals surface area contributed by atoms with Gasteiger partial charge in [0.15, 0.2) is 5.82 Å². The van der Waals surface area contributed by atoms with Crippen LogP contribution in [0.15, 0.2) is 28.2 Å². The summed E-state index contributed by atoms with van der Waals surface area (Å²) in [6.45, 7) is 2.33. The van der Waals surface area contributed by atoms with Crippen molar-refractivity contribution in [2.75, 3.05) is 31.1 Å². The van der Waals surface area contributed by atoms with Crippen molar-refractivity contribution >= 4 is 35.0 Å². The molecule has 0 unspecified atom stereocenters. The van der Waals surface area contributed by atoms with Gasteiger partial charge in [0, 0.05) is 38.4 Å². The predicted octanol–water partition coefficient (Wildman–Crippen LogP) is 2.45. The van der Waals surface area contributed by atoms with Gasteiger partial charge in [-0.05, 0) is 30.1 Å². The summed E-state index contributed by atoms with van der Waals surface area (Å²) >= 11 is 0. The third-order valence-electron chi connectivity index (χ3n) is 5.61. The Hall–Kier alpha value is -2.45. The van der Waals surface area contributed by atoms with E-state index in [2.05, 4.69) is 5.32 Å². The van der Waals surface area contributed by atoms with Crippen molar-refractivity contribution in [2.45, 2.75) is 18.9 Å². The van der Waals surface area contributed by atoms with Gasteiger partial charge >= 0.3 is 5.97 Å². The number of rotatable bonds is 3. The number of carboxylic acids is 1. The largest absolute Gasteiger partial charge is 0.477 e. The minimum atomic E-state index is -1.39. The van der Waals surface area contributed by atoms with E-state index in [9.17, 15) is 19.1 Å². The van der Waals surface area contributed by atoms with E-state index in [-0.39, 0.29) is 35.0 Å². The monoisotopic (exact) mass is 409 g/mol. The molecule has 0 radical (unpaired) electrons. The van der Waals surface area contributed by atoms with Crippen LogP contribution in [0.5, 0.6) is 0 Å². The lowest BCUT2D eigenvalue weighted by Crippen LogP contribution is -2.29. The fourth-order valence-corrected chi connectivity index (χ4v) is 4.14. The van der Waals surface area contributed by atoms with E-state index in [1.807, 2.05) is 0 Å². The molecule has 6 nitrogen and oxygen atoms in total. The third-order valence-corrected chi connectivity index (χ3v) is 5.61. The van der Waals surface area contributed by atoms with Gasteiger partial charge in [-0.3, -0.25) is 4.79 Å². The standard InChI is InChI=1S/C19H17F2N3O3.ClH/c20-14-3-12-16(24(11-1-2-11)8-13(18(12)25)19(26)27)15(21)17(14)23-6-9-4-22-5-10(9)7-23;/h3,8,11,22H,1-2,4-7H2,(H,26,27);1H. The highest BCUT2D eigenvalue weighted by Crippen LogP contribution is 2.40. The van der Waals surface area contributed by atoms with Gasteiger partial charge in [-0.25, -0.2) is 13.6 Å². The average Bonchev–Trinajstić information content (AvgIpc) is 3.24. The summed E-state index contributed by atoms with van der Waals surface area (Å²) < 4.78 is 31.9. The molecule has 0 saturated heterocycles. The van der Waals surface area contributed by atoms with Crippen LogP contribution in [0.3, 0.4) is 0 Å². The molecule has 2 aromatic rings. The first-order chi connectivity index (χ1) is 13.0. The topological polar surface area (TPSA) is 74.6 Å². The zero-order valence-electron chi connectivity index (χ0n) is 14.8. The molecule has 2 aliphatic heterocycles. The number of carbonyl (C=O) groups is 1. The van der Waals surface area contributed by atoms with Crippen LogP contribution in [0.4, 0.5) is 14.5 Å². The number of nitrogens with zero attached hydrogens (tertiary/aromatic N) is 2. The summed E-state index contributed by atoms with van der Waals surface area (Å²) in [5.41, 5.74) is 0.825. The molecule has 9 heteroatoms. The first kappa shape index (κ1) is 18.9. The van der Waals surface area contributed by atoms with Gasteiger partial charge in [0.2, 0.25) is 5.43 Å². The van der Waals surface area contributed by atoms with Crippen LogP contribution in [0, 0.1) is 11.6 Å². The second-order valence-electron chi connectivity index (χ2n) is 7.40. The van der Waals surface area contributed by atoms with E-state index in [4.69, 9.17) is 0 Å². The zero-order valence-corrected chi connectivity index (χ0v) is 15.6. The first-order valence-corrected chi connectivity index (χ1v) is 8.91. The van der Waals surface area contributed by atoms with Gasteiger partial charge in [-0.15, -0.1) is 12.4 Å². The Morgan fingerprint density at radius 3 is 2.39 bits per heavy atom. The molecule has 3 heterocycles. The lowest BCUT2D eigenvalue weighted by molar-refractivity contribution is 0.0695. The SMILES string of the molecule is Cl.O=C(O)c1cn(C2CC2)c2c(F)c(N3CC4=C(CNC4)C3)c(F)cc2c1=O. The smallest absolute Gasteiger partial charge is 0.341 e. The Labute approximate surface area is 164 Å². The van der Waals surface area contributed by atoms with E-state index in [1.165, 1.54) is 10.8 Å². The molecular weight excluding hydrogens is 392 g/mol. The molecule has 2 N–H and O–H groups in total.